The molecule has 0 aliphatic heterocycles. The Morgan fingerprint density at radius 2 is 1.96 bits per heavy atom. The number of benzene rings is 1. The van der Waals surface area contributed by atoms with Crippen molar-refractivity contribution in [1.82, 2.24) is 15.0 Å². The van der Waals surface area contributed by atoms with Crippen LogP contribution >= 0.6 is 0 Å². The molecule has 0 spiro atoms. The highest BCUT2D eigenvalue weighted by Gasteiger charge is 2.12. The molecular weight excluding hydrogens is 333 g/mol. The summed E-state index contributed by atoms with van der Waals surface area (Å²) in [6.07, 6.45) is 5.85. The summed E-state index contributed by atoms with van der Waals surface area (Å²) in [6, 6.07) is 11.1. The average molecular weight is 351 g/mol. The highest BCUT2D eigenvalue weighted by Crippen LogP contribution is 2.12. The quantitative estimate of drug-likeness (QED) is 0.739. The minimum absolute atomic E-state index is 0.218. The van der Waals surface area contributed by atoms with E-state index >= 15 is 0 Å². The zero-order valence-electron chi connectivity index (χ0n) is 14.3. The zero-order valence-corrected chi connectivity index (χ0v) is 14.3. The van der Waals surface area contributed by atoms with E-state index in [0.29, 0.717) is 18.2 Å². The zero-order chi connectivity index (χ0) is 18.4. The van der Waals surface area contributed by atoms with Crippen LogP contribution in [0.3, 0.4) is 0 Å². The van der Waals surface area contributed by atoms with Crippen molar-refractivity contribution in [3.8, 4) is 0 Å². The molecule has 2 heterocycles. The largest absolute Gasteiger partial charge is 0.344 e. The Balaban J connectivity index is 1.66. The van der Waals surface area contributed by atoms with E-state index in [4.69, 9.17) is 0 Å². The summed E-state index contributed by atoms with van der Waals surface area (Å²) in [4.78, 5) is 26.7. The van der Waals surface area contributed by atoms with Gasteiger partial charge in [-0.25, -0.2) is 14.4 Å². The highest BCUT2D eigenvalue weighted by atomic mass is 19.1. The monoisotopic (exact) mass is 351 g/mol. The summed E-state index contributed by atoms with van der Waals surface area (Å²) in [7, 11) is 1.87. The maximum Gasteiger partial charge on any atom is 0.274 e. The van der Waals surface area contributed by atoms with E-state index < -0.39 is 11.7 Å². The lowest BCUT2D eigenvalue weighted by Gasteiger charge is -2.17. The highest BCUT2D eigenvalue weighted by molar-refractivity contribution is 6.02. The van der Waals surface area contributed by atoms with Crippen LogP contribution in [0.5, 0.6) is 0 Å². The van der Waals surface area contributed by atoms with Gasteiger partial charge in [0.05, 0.1) is 0 Å². The molecule has 0 aliphatic rings. The third-order valence-corrected chi connectivity index (χ3v) is 3.78. The number of amides is 1. The van der Waals surface area contributed by atoms with Gasteiger partial charge in [-0.15, -0.1) is 0 Å². The SMILES string of the molecule is CN(CCc1ccncc1)c1nccc(C(=O)Nc2cccc(F)c2)n1. The molecule has 0 fully saturated rings. The van der Waals surface area contributed by atoms with Crippen LogP contribution in [0.4, 0.5) is 16.0 Å². The topological polar surface area (TPSA) is 71.0 Å². The third kappa shape index (κ3) is 4.60. The lowest BCUT2D eigenvalue weighted by molar-refractivity contribution is 0.102. The van der Waals surface area contributed by atoms with Gasteiger partial charge < -0.3 is 10.2 Å². The van der Waals surface area contributed by atoms with Crippen molar-refractivity contribution in [2.24, 2.45) is 0 Å². The van der Waals surface area contributed by atoms with Crippen molar-refractivity contribution in [1.29, 1.82) is 0 Å². The molecule has 0 atom stereocenters. The van der Waals surface area contributed by atoms with Gasteiger partial charge in [-0.1, -0.05) is 6.07 Å². The summed E-state index contributed by atoms with van der Waals surface area (Å²) >= 11 is 0. The molecule has 0 radical (unpaired) electrons. The van der Waals surface area contributed by atoms with E-state index in [2.05, 4.69) is 20.3 Å². The number of pyridine rings is 1. The number of carbonyl (C=O) groups excluding carboxylic acids is 1. The lowest BCUT2D eigenvalue weighted by atomic mass is 10.2. The molecule has 1 amide bonds. The second kappa shape index (κ2) is 8.15. The van der Waals surface area contributed by atoms with Gasteiger partial charge in [0.25, 0.3) is 5.91 Å². The van der Waals surface area contributed by atoms with Crippen LogP contribution in [0.25, 0.3) is 0 Å². The predicted molar refractivity (Wildman–Crippen MR) is 97.6 cm³/mol. The van der Waals surface area contributed by atoms with Crippen LogP contribution in [0.15, 0.2) is 61.1 Å². The van der Waals surface area contributed by atoms with Gasteiger partial charge in [0.1, 0.15) is 11.5 Å². The number of nitrogens with one attached hydrogen (secondary N) is 1. The number of rotatable bonds is 6. The Hall–Kier alpha value is -3.35. The van der Waals surface area contributed by atoms with Crippen LogP contribution in [0, 0.1) is 5.82 Å². The van der Waals surface area contributed by atoms with Crippen LogP contribution in [-0.2, 0) is 6.42 Å². The van der Waals surface area contributed by atoms with Crippen molar-refractivity contribution < 1.29 is 9.18 Å². The van der Waals surface area contributed by atoms with Gasteiger partial charge in [0, 0.05) is 37.9 Å². The number of hydrogen-bond acceptors (Lipinski definition) is 5. The Morgan fingerprint density at radius 1 is 1.15 bits per heavy atom. The van der Waals surface area contributed by atoms with E-state index in [-0.39, 0.29) is 5.69 Å². The predicted octanol–water partition coefficient (Wildman–Crippen LogP) is 2.94. The van der Waals surface area contributed by atoms with Crippen molar-refractivity contribution >= 4 is 17.5 Å². The number of nitrogens with zero attached hydrogens (tertiary/aromatic N) is 4. The Morgan fingerprint density at radius 3 is 2.73 bits per heavy atom. The minimum Gasteiger partial charge on any atom is -0.344 e. The summed E-state index contributed by atoms with van der Waals surface area (Å²) in [5.74, 6) is -0.380. The Kier molecular flexibility index (Phi) is 5.48. The number of hydrogen-bond donors (Lipinski definition) is 1. The number of halogens is 1. The second-order valence-corrected chi connectivity index (χ2v) is 5.73. The van der Waals surface area contributed by atoms with Gasteiger partial charge in [-0.3, -0.25) is 9.78 Å². The van der Waals surface area contributed by atoms with E-state index in [0.717, 1.165) is 12.0 Å². The van der Waals surface area contributed by atoms with Crippen molar-refractivity contribution in [2.75, 3.05) is 23.8 Å². The summed E-state index contributed by atoms with van der Waals surface area (Å²) in [5.41, 5.74) is 1.75. The normalized spacial score (nSPS) is 10.4. The fraction of sp³-hybridized carbons (Fsp3) is 0.158. The summed E-state index contributed by atoms with van der Waals surface area (Å²) in [6.45, 7) is 0.693. The minimum atomic E-state index is -0.415. The molecule has 1 aromatic carbocycles. The molecule has 132 valence electrons. The maximum atomic E-state index is 13.2. The Bertz CT molecular complexity index is 888. The molecule has 0 saturated heterocycles. The molecule has 1 N–H and O–H groups in total. The summed E-state index contributed by atoms with van der Waals surface area (Å²) < 4.78 is 13.2. The maximum absolute atomic E-state index is 13.2. The molecule has 0 bridgehead atoms. The van der Waals surface area contributed by atoms with Crippen molar-refractivity contribution in [2.45, 2.75) is 6.42 Å². The van der Waals surface area contributed by atoms with Crippen LogP contribution in [0.1, 0.15) is 16.1 Å². The molecule has 0 aliphatic carbocycles. The third-order valence-electron chi connectivity index (χ3n) is 3.78. The first-order chi connectivity index (χ1) is 12.6. The fourth-order valence-electron chi connectivity index (χ4n) is 2.37. The van der Waals surface area contributed by atoms with E-state index in [1.165, 1.54) is 30.5 Å². The smallest absolute Gasteiger partial charge is 0.274 e. The number of anilines is 2. The van der Waals surface area contributed by atoms with E-state index in [9.17, 15) is 9.18 Å². The van der Waals surface area contributed by atoms with Crippen LogP contribution < -0.4 is 10.2 Å². The van der Waals surface area contributed by atoms with Crippen molar-refractivity contribution in [3.05, 3.63) is 78.1 Å². The van der Waals surface area contributed by atoms with Gasteiger partial charge in [0.2, 0.25) is 5.95 Å². The fourth-order valence-corrected chi connectivity index (χ4v) is 2.37. The number of likely N-dealkylation sites (N-methyl/N-ethyl adjacent to an activating group) is 1. The van der Waals surface area contributed by atoms with E-state index in [1.807, 2.05) is 24.1 Å². The van der Waals surface area contributed by atoms with Gasteiger partial charge in [0.15, 0.2) is 0 Å². The van der Waals surface area contributed by atoms with Gasteiger partial charge >= 0.3 is 0 Å². The molecular formula is C19H18FN5O. The standard InChI is InChI=1S/C19H18FN5O/c1-25(12-8-14-5-9-21-10-6-14)19-22-11-7-17(24-19)18(26)23-16-4-2-3-15(20)13-16/h2-7,9-11,13H,8,12H2,1H3,(H,23,26). The Labute approximate surface area is 150 Å². The molecule has 26 heavy (non-hydrogen) atoms. The van der Waals surface area contributed by atoms with Gasteiger partial charge in [-0.05, 0) is 48.4 Å². The first kappa shape index (κ1) is 17.5. The van der Waals surface area contributed by atoms with Crippen LogP contribution in [0.2, 0.25) is 0 Å². The molecule has 3 rings (SSSR count). The van der Waals surface area contributed by atoms with E-state index in [1.54, 1.807) is 18.5 Å². The molecule has 0 saturated carbocycles. The van der Waals surface area contributed by atoms with Crippen LogP contribution in [-0.4, -0.2) is 34.5 Å². The molecule has 2 aromatic heterocycles. The molecule has 7 heteroatoms. The average Bonchev–Trinajstić information content (AvgIpc) is 2.67. The van der Waals surface area contributed by atoms with Gasteiger partial charge in [-0.2, -0.15) is 0 Å². The van der Waals surface area contributed by atoms with Crippen molar-refractivity contribution in [3.63, 3.8) is 0 Å². The lowest BCUT2D eigenvalue weighted by Crippen LogP contribution is -2.24. The second-order valence-electron chi connectivity index (χ2n) is 5.73. The first-order valence-electron chi connectivity index (χ1n) is 8.12. The molecule has 0 unspecified atom stereocenters. The first-order valence-corrected chi connectivity index (χ1v) is 8.12. The molecule has 6 nitrogen and oxygen atoms in total. The number of carbonyl (C=O) groups is 1. The molecule has 3 aromatic rings. The number of aromatic nitrogens is 3. The summed E-state index contributed by atoms with van der Waals surface area (Å²) in [5, 5.41) is 2.63.